The number of nitrogens with one attached hydrogen (secondary N) is 1. The van der Waals surface area contributed by atoms with Crippen LogP contribution in [-0.4, -0.2) is 17.6 Å². The van der Waals surface area contributed by atoms with Crippen molar-refractivity contribution in [3.05, 3.63) is 64.9 Å². The second-order valence-corrected chi connectivity index (χ2v) is 5.42. The van der Waals surface area contributed by atoms with Crippen molar-refractivity contribution < 1.29 is 0 Å². The number of likely N-dealkylation sites (N-methyl/N-ethyl adjacent to an activating group) is 1. The Morgan fingerprint density at radius 1 is 1.05 bits per heavy atom. The first kappa shape index (κ1) is 15.0. The highest BCUT2D eigenvalue weighted by Crippen LogP contribution is 2.13. The van der Waals surface area contributed by atoms with Crippen LogP contribution in [0.4, 0.5) is 0 Å². The van der Waals surface area contributed by atoms with Gasteiger partial charge in [-0.25, -0.2) is 0 Å². The topological polar surface area (TPSA) is 24.9 Å². The second-order valence-electron chi connectivity index (χ2n) is 4.98. The minimum absolute atomic E-state index is 0.495. The third kappa shape index (κ3) is 4.95. The quantitative estimate of drug-likeness (QED) is 0.836. The minimum Gasteiger partial charge on any atom is -0.314 e. The number of hydrogen-bond acceptors (Lipinski definition) is 2. The molecule has 0 aliphatic carbocycles. The summed E-state index contributed by atoms with van der Waals surface area (Å²) >= 11 is 5.93. The number of pyridine rings is 1. The van der Waals surface area contributed by atoms with Crippen LogP contribution in [0.15, 0.2) is 48.8 Å². The van der Waals surface area contributed by atoms with Gasteiger partial charge in [-0.3, -0.25) is 4.98 Å². The first-order chi connectivity index (χ1) is 9.78. The van der Waals surface area contributed by atoms with Crippen molar-refractivity contribution in [3.8, 4) is 0 Å². The zero-order valence-electron chi connectivity index (χ0n) is 11.8. The summed E-state index contributed by atoms with van der Waals surface area (Å²) in [5, 5.41) is 4.36. The van der Waals surface area contributed by atoms with Crippen molar-refractivity contribution in [1.29, 1.82) is 0 Å². The number of benzene rings is 1. The maximum Gasteiger partial charge on any atom is 0.0406 e. The largest absolute Gasteiger partial charge is 0.314 e. The van der Waals surface area contributed by atoms with Gasteiger partial charge in [0.05, 0.1) is 0 Å². The summed E-state index contributed by atoms with van der Waals surface area (Å²) < 4.78 is 0. The van der Waals surface area contributed by atoms with E-state index < -0.39 is 0 Å². The highest BCUT2D eigenvalue weighted by molar-refractivity contribution is 6.30. The van der Waals surface area contributed by atoms with E-state index in [1.165, 1.54) is 11.1 Å². The van der Waals surface area contributed by atoms with E-state index in [0.29, 0.717) is 6.04 Å². The highest BCUT2D eigenvalue weighted by Gasteiger charge is 2.08. The number of nitrogens with zero attached hydrogens (tertiary/aromatic N) is 1. The van der Waals surface area contributed by atoms with Gasteiger partial charge in [-0.2, -0.15) is 0 Å². The highest BCUT2D eigenvalue weighted by atomic mass is 35.5. The molecule has 0 amide bonds. The van der Waals surface area contributed by atoms with E-state index in [2.05, 4.69) is 41.5 Å². The van der Waals surface area contributed by atoms with E-state index in [0.717, 1.165) is 30.8 Å². The molecule has 0 bridgehead atoms. The van der Waals surface area contributed by atoms with Gasteiger partial charge in [-0.05, 0) is 61.2 Å². The van der Waals surface area contributed by atoms with E-state index in [1.807, 2.05) is 24.5 Å². The molecular formula is C17H21ClN2. The Morgan fingerprint density at radius 2 is 1.75 bits per heavy atom. The van der Waals surface area contributed by atoms with E-state index >= 15 is 0 Å². The van der Waals surface area contributed by atoms with Crippen molar-refractivity contribution in [1.82, 2.24) is 10.3 Å². The van der Waals surface area contributed by atoms with E-state index in [1.54, 1.807) is 0 Å². The van der Waals surface area contributed by atoms with E-state index in [9.17, 15) is 0 Å². The molecule has 106 valence electrons. The van der Waals surface area contributed by atoms with Crippen LogP contribution in [-0.2, 0) is 12.8 Å². The molecule has 0 saturated carbocycles. The Bertz CT molecular complexity index is 496. The minimum atomic E-state index is 0.495. The monoisotopic (exact) mass is 288 g/mol. The molecule has 2 nitrogen and oxygen atoms in total. The third-order valence-electron chi connectivity index (χ3n) is 3.42. The lowest BCUT2D eigenvalue weighted by molar-refractivity contribution is 0.491. The lowest BCUT2D eigenvalue weighted by Gasteiger charge is -2.18. The molecule has 0 aliphatic heterocycles. The third-order valence-corrected chi connectivity index (χ3v) is 3.67. The maximum absolute atomic E-state index is 5.93. The first-order valence-electron chi connectivity index (χ1n) is 7.14. The fourth-order valence-corrected chi connectivity index (χ4v) is 2.49. The van der Waals surface area contributed by atoms with Crippen molar-refractivity contribution in [2.45, 2.75) is 32.2 Å². The van der Waals surface area contributed by atoms with Gasteiger partial charge in [0.15, 0.2) is 0 Å². The summed E-state index contributed by atoms with van der Waals surface area (Å²) in [4.78, 5) is 4.06. The molecule has 20 heavy (non-hydrogen) atoms. The summed E-state index contributed by atoms with van der Waals surface area (Å²) in [6.07, 6.45) is 6.96. The zero-order chi connectivity index (χ0) is 14.2. The van der Waals surface area contributed by atoms with Crippen LogP contribution in [0.2, 0.25) is 5.02 Å². The Balaban J connectivity index is 1.91. The zero-order valence-corrected chi connectivity index (χ0v) is 12.6. The molecule has 1 unspecified atom stereocenters. The molecule has 2 rings (SSSR count). The Hall–Kier alpha value is -1.38. The van der Waals surface area contributed by atoms with Crippen LogP contribution in [0.1, 0.15) is 24.5 Å². The van der Waals surface area contributed by atoms with Crippen LogP contribution in [0.3, 0.4) is 0 Å². The van der Waals surface area contributed by atoms with Gasteiger partial charge in [0.2, 0.25) is 0 Å². The molecule has 1 atom stereocenters. The van der Waals surface area contributed by atoms with Crippen molar-refractivity contribution in [3.63, 3.8) is 0 Å². The van der Waals surface area contributed by atoms with E-state index in [-0.39, 0.29) is 0 Å². The van der Waals surface area contributed by atoms with Crippen molar-refractivity contribution >= 4 is 11.6 Å². The smallest absolute Gasteiger partial charge is 0.0406 e. The fraction of sp³-hybridized carbons (Fsp3) is 0.353. The number of aryl methyl sites for hydroxylation is 1. The molecule has 2 aromatic rings. The number of hydrogen-bond donors (Lipinski definition) is 1. The molecule has 1 heterocycles. The van der Waals surface area contributed by atoms with Gasteiger partial charge >= 0.3 is 0 Å². The Kier molecular flexibility index (Phi) is 6.03. The van der Waals surface area contributed by atoms with Crippen LogP contribution >= 0.6 is 11.6 Å². The molecule has 0 aliphatic rings. The summed E-state index contributed by atoms with van der Waals surface area (Å²) in [5.74, 6) is 0. The van der Waals surface area contributed by atoms with Gasteiger partial charge in [0.25, 0.3) is 0 Å². The lowest BCUT2D eigenvalue weighted by Crippen LogP contribution is -2.31. The summed E-state index contributed by atoms with van der Waals surface area (Å²) in [5.41, 5.74) is 2.68. The van der Waals surface area contributed by atoms with Gasteiger partial charge in [-0.1, -0.05) is 30.7 Å². The number of aromatic nitrogens is 1. The molecule has 0 fully saturated rings. The number of halogens is 1. The lowest BCUT2D eigenvalue weighted by atomic mass is 9.99. The average Bonchev–Trinajstić information content (AvgIpc) is 2.48. The molecular weight excluding hydrogens is 268 g/mol. The summed E-state index contributed by atoms with van der Waals surface area (Å²) in [6, 6.07) is 12.8. The summed E-state index contributed by atoms with van der Waals surface area (Å²) in [7, 11) is 0. The summed E-state index contributed by atoms with van der Waals surface area (Å²) in [6.45, 7) is 3.15. The maximum atomic E-state index is 5.93. The molecule has 1 aromatic heterocycles. The Labute approximate surface area is 126 Å². The average molecular weight is 289 g/mol. The van der Waals surface area contributed by atoms with Crippen LogP contribution in [0.25, 0.3) is 0 Å². The van der Waals surface area contributed by atoms with Crippen molar-refractivity contribution in [2.24, 2.45) is 0 Å². The molecule has 3 heteroatoms. The SMILES string of the molecule is CCNC(CCc1ccncc1)Cc1ccc(Cl)cc1. The van der Waals surface area contributed by atoms with Gasteiger partial charge in [0, 0.05) is 23.5 Å². The normalized spacial score (nSPS) is 12.3. The van der Waals surface area contributed by atoms with Gasteiger partial charge in [-0.15, -0.1) is 0 Å². The predicted molar refractivity (Wildman–Crippen MR) is 85.2 cm³/mol. The Morgan fingerprint density at radius 3 is 2.40 bits per heavy atom. The predicted octanol–water partition coefficient (Wildman–Crippen LogP) is 3.89. The molecule has 1 N–H and O–H groups in total. The molecule has 0 saturated heterocycles. The standard InChI is InChI=1S/C17H21ClN2/c1-2-20-17(8-5-14-9-11-19-12-10-14)13-15-3-6-16(18)7-4-15/h3-4,6-7,9-12,17,20H,2,5,8,13H2,1H3. The van der Waals surface area contributed by atoms with Crippen LogP contribution in [0.5, 0.6) is 0 Å². The molecule has 1 aromatic carbocycles. The first-order valence-corrected chi connectivity index (χ1v) is 7.52. The number of rotatable bonds is 7. The van der Waals surface area contributed by atoms with Gasteiger partial charge in [0.1, 0.15) is 0 Å². The van der Waals surface area contributed by atoms with Crippen molar-refractivity contribution in [2.75, 3.05) is 6.54 Å². The molecule has 0 spiro atoms. The van der Waals surface area contributed by atoms with E-state index in [4.69, 9.17) is 11.6 Å². The van der Waals surface area contributed by atoms with Gasteiger partial charge < -0.3 is 5.32 Å². The second kappa shape index (κ2) is 8.03. The fourth-order valence-electron chi connectivity index (χ4n) is 2.36. The van der Waals surface area contributed by atoms with Crippen LogP contribution < -0.4 is 5.32 Å². The molecule has 0 radical (unpaired) electrons. The van der Waals surface area contributed by atoms with Crippen LogP contribution in [0, 0.1) is 0 Å².